The number of hydrogen-bond donors (Lipinski definition) is 4. The van der Waals surface area contributed by atoms with Crippen LogP contribution < -0.4 is 21.1 Å². The Morgan fingerprint density at radius 2 is 1.75 bits per heavy atom. The molecule has 44 heavy (non-hydrogen) atoms. The largest absolute Gasteiger partial charge is 0.491 e. The van der Waals surface area contributed by atoms with Crippen molar-refractivity contribution in [3.8, 4) is 17.0 Å². The third kappa shape index (κ3) is 7.39. The van der Waals surface area contributed by atoms with Gasteiger partial charge in [0, 0.05) is 17.7 Å². The Bertz CT molecular complexity index is 1550. The monoisotopic (exact) mass is 623 g/mol. The van der Waals surface area contributed by atoms with Gasteiger partial charge in [0.05, 0.1) is 39.4 Å². The number of carbonyl (C=O) groups excluding carboxylic acids is 1. The van der Waals surface area contributed by atoms with Crippen LogP contribution in [-0.2, 0) is 16.4 Å². The summed E-state index contributed by atoms with van der Waals surface area (Å²) in [5.74, 6) is 0.0262. The molecule has 5 N–H and O–H groups in total. The third-order valence-electron chi connectivity index (χ3n) is 8.13. The molecule has 0 radical (unpaired) electrons. The van der Waals surface area contributed by atoms with Crippen LogP contribution in [0.2, 0.25) is 0 Å². The summed E-state index contributed by atoms with van der Waals surface area (Å²) in [5.41, 5.74) is 7.32. The molecule has 1 saturated carbocycles. The highest BCUT2D eigenvalue weighted by atomic mass is 32.2. The van der Waals surface area contributed by atoms with E-state index < -0.39 is 26.1 Å². The average Bonchev–Trinajstić information content (AvgIpc) is 3.79. The molecule has 1 fully saturated rings. The van der Waals surface area contributed by atoms with Crippen LogP contribution in [0, 0.1) is 0 Å². The number of aromatic nitrogens is 2. The number of anilines is 2. The van der Waals surface area contributed by atoms with Crippen molar-refractivity contribution in [1.82, 2.24) is 15.3 Å². The van der Waals surface area contributed by atoms with Crippen LogP contribution in [0.15, 0.2) is 53.6 Å². The fourth-order valence-electron chi connectivity index (χ4n) is 5.72. The average molecular weight is 624 g/mol. The van der Waals surface area contributed by atoms with Gasteiger partial charge in [-0.1, -0.05) is 57.4 Å². The predicted octanol–water partition coefficient (Wildman–Crippen LogP) is 5.51. The van der Waals surface area contributed by atoms with Gasteiger partial charge in [-0.25, -0.2) is 18.4 Å². The van der Waals surface area contributed by atoms with Crippen LogP contribution in [0.1, 0.15) is 88.2 Å². The molecule has 10 nitrogen and oxygen atoms in total. The number of carbonyl (C=O) groups is 1. The number of aliphatic hydroxyl groups is 1. The van der Waals surface area contributed by atoms with Gasteiger partial charge in [0.25, 0.3) is 5.91 Å². The van der Waals surface area contributed by atoms with Crippen molar-refractivity contribution in [1.29, 1.82) is 0 Å². The minimum Gasteiger partial charge on any atom is -0.491 e. The summed E-state index contributed by atoms with van der Waals surface area (Å²) in [7, 11) is -1.82. The Kier molecular flexibility index (Phi) is 10.6. The topological polar surface area (TPSA) is 157 Å². The lowest BCUT2D eigenvalue weighted by atomic mass is 9.92. The van der Waals surface area contributed by atoms with Crippen LogP contribution in [0.25, 0.3) is 11.3 Å². The van der Waals surface area contributed by atoms with Crippen LogP contribution >= 0.6 is 0 Å². The maximum atomic E-state index is 13.7. The number of hydrogen-bond acceptors (Lipinski definition) is 9. The zero-order valence-electron chi connectivity index (χ0n) is 26.2. The molecule has 4 bridgehead atoms. The van der Waals surface area contributed by atoms with Crippen molar-refractivity contribution in [3.63, 3.8) is 0 Å². The summed E-state index contributed by atoms with van der Waals surface area (Å²) in [6.45, 7) is 6.76. The molecule has 1 spiro atoms. The number of rotatable bonds is 2. The number of nitrogen functional groups attached to an aromatic ring is 1. The second-order valence-corrected chi connectivity index (χ2v) is 14.0. The number of ether oxygens (including phenoxy) is 1. The van der Waals surface area contributed by atoms with Crippen molar-refractivity contribution >= 4 is 27.2 Å². The minimum absolute atomic E-state index is 0.0264. The summed E-state index contributed by atoms with van der Waals surface area (Å²) in [6, 6.07) is 12.0. The lowest BCUT2D eigenvalue weighted by molar-refractivity contribution is 0.0362. The quantitative estimate of drug-likeness (QED) is 0.289. The lowest BCUT2D eigenvalue weighted by Gasteiger charge is -2.29. The first-order valence-corrected chi connectivity index (χ1v) is 16.9. The lowest BCUT2D eigenvalue weighted by Crippen LogP contribution is -2.36. The van der Waals surface area contributed by atoms with E-state index in [1.165, 1.54) is 6.20 Å². The maximum Gasteiger partial charge on any atom is 0.278 e. The van der Waals surface area contributed by atoms with E-state index in [0.29, 0.717) is 55.1 Å². The molecule has 3 heterocycles. The zero-order chi connectivity index (χ0) is 32.0. The standard InChI is InChI=1S/C31H39N5O5S.C2H6/c1-30(38)14-5-3-4-6-17-41-27-22(18-33-2)8-7-9-24(27)36-29(37)26-28(32)34-19-25(35-26)21-10-12-23(13-11-21)42(39,40)31(20-30)15-16-31;1-2/h7-13,19,33,38H,3-6,14-18,20H2,1-2H3,(H2,32,34)(H,36,37);1-2H3. The van der Waals surface area contributed by atoms with Gasteiger partial charge in [-0.05, 0) is 64.3 Å². The Hall–Kier alpha value is -3.54. The van der Waals surface area contributed by atoms with Crippen LogP contribution in [-0.4, -0.2) is 53.4 Å². The number of amides is 1. The van der Waals surface area contributed by atoms with Crippen molar-refractivity contribution in [2.24, 2.45) is 0 Å². The third-order valence-corrected chi connectivity index (χ3v) is 10.7. The first-order chi connectivity index (χ1) is 21.1. The molecular weight excluding hydrogens is 578 g/mol. The van der Waals surface area contributed by atoms with E-state index in [9.17, 15) is 18.3 Å². The van der Waals surface area contributed by atoms with Crippen LogP contribution in [0.4, 0.5) is 11.5 Å². The van der Waals surface area contributed by atoms with Gasteiger partial charge in [0.15, 0.2) is 21.3 Å². The fourth-order valence-corrected chi connectivity index (χ4v) is 7.86. The van der Waals surface area contributed by atoms with E-state index in [0.717, 1.165) is 31.2 Å². The van der Waals surface area contributed by atoms with Crippen LogP contribution in [0.3, 0.4) is 0 Å². The molecule has 2 aromatic carbocycles. The van der Waals surface area contributed by atoms with Gasteiger partial charge in [0.2, 0.25) is 0 Å². The normalized spacial score (nSPS) is 21.3. The molecule has 3 aromatic rings. The molecule has 1 atom stereocenters. The molecule has 1 amide bonds. The Labute approximate surface area is 260 Å². The van der Waals surface area contributed by atoms with E-state index in [1.54, 1.807) is 37.3 Å². The Morgan fingerprint density at radius 3 is 2.43 bits per heavy atom. The van der Waals surface area contributed by atoms with Crippen molar-refractivity contribution < 1.29 is 23.1 Å². The van der Waals surface area contributed by atoms with E-state index in [-0.39, 0.29) is 22.8 Å². The summed E-state index contributed by atoms with van der Waals surface area (Å²) in [6.07, 6.45) is 6.61. The van der Waals surface area contributed by atoms with Crippen LogP contribution in [0.5, 0.6) is 5.75 Å². The zero-order valence-corrected chi connectivity index (χ0v) is 27.0. The minimum atomic E-state index is -3.66. The second kappa shape index (κ2) is 14.0. The van der Waals surface area contributed by atoms with E-state index >= 15 is 0 Å². The Balaban J connectivity index is 0.00000216. The van der Waals surface area contributed by atoms with Gasteiger partial charge in [-0.15, -0.1) is 0 Å². The molecule has 3 aliphatic rings. The fraction of sp³-hybridized carbons (Fsp3) is 0.485. The summed E-state index contributed by atoms with van der Waals surface area (Å²) >= 11 is 0. The molecule has 2 aliphatic heterocycles. The molecule has 238 valence electrons. The number of nitrogens with one attached hydrogen (secondary N) is 2. The van der Waals surface area contributed by atoms with Gasteiger partial charge in [0.1, 0.15) is 5.75 Å². The number of benzene rings is 2. The number of nitrogens with two attached hydrogens (primary N) is 1. The summed E-state index contributed by atoms with van der Waals surface area (Å²) in [5, 5.41) is 17.2. The number of fused-ring (bicyclic) bond motifs is 11. The molecule has 1 aliphatic carbocycles. The highest BCUT2D eigenvalue weighted by molar-refractivity contribution is 7.93. The number of nitrogens with zero attached hydrogens (tertiary/aromatic N) is 2. The van der Waals surface area contributed by atoms with Crippen molar-refractivity contribution in [3.05, 3.63) is 59.9 Å². The van der Waals surface area contributed by atoms with Gasteiger partial charge >= 0.3 is 0 Å². The van der Waals surface area contributed by atoms with E-state index in [4.69, 9.17) is 10.5 Å². The first kappa shape index (κ1) is 33.4. The number of sulfone groups is 1. The molecular formula is C33H45N5O5S. The smallest absolute Gasteiger partial charge is 0.278 e. The van der Waals surface area contributed by atoms with Crippen molar-refractivity contribution in [2.45, 2.75) is 93.9 Å². The highest BCUT2D eigenvalue weighted by Crippen LogP contribution is 2.52. The van der Waals surface area contributed by atoms with E-state index in [1.807, 2.05) is 33.0 Å². The SMILES string of the molecule is CC.CNCc1cccc2c1OCCCCCCC(C)(O)CC1(CC1)S(=O)(=O)c1ccc(cc1)-c1cnc(N)c(n1)C(=O)N2. The number of para-hydroxylation sites is 1. The predicted molar refractivity (Wildman–Crippen MR) is 173 cm³/mol. The molecule has 1 aromatic heterocycles. The van der Waals surface area contributed by atoms with Gasteiger partial charge in [-0.3, -0.25) is 4.79 Å². The van der Waals surface area contributed by atoms with Gasteiger partial charge < -0.3 is 26.2 Å². The van der Waals surface area contributed by atoms with Crippen molar-refractivity contribution in [2.75, 3.05) is 24.7 Å². The molecule has 0 saturated heterocycles. The molecule has 6 rings (SSSR count). The summed E-state index contributed by atoms with van der Waals surface area (Å²) in [4.78, 5) is 22.3. The maximum absolute atomic E-state index is 13.7. The van der Waals surface area contributed by atoms with E-state index in [2.05, 4.69) is 20.6 Å². The molecule has 1 unspecified atom stereocenters. The molecule has 11 heteroatoms. The second-order valence-electron chi connectivity index (χ2n) is 11.7. The van der Waals surface area contributed by atoms with Gasteiger partial charge in [-0.2, -0.15) is 0 Å². The Morgan fingerprint density at radius 1 is 1.05 bits per heavy atom. The first-order valence-electron chi connectivity index (χ1n) is 15.5. The highest BCUT2D eigenvalue weighted by Gasteiger charge is 2.57. The summed E-state index contributed by atoms with van der Waals surface area (Å²) < 4.78 is 32.6.